The first-order chi connectivity index (χ1) is 7.79. The molecule has 3 N–H and O–H groups in total. The van der Waals surface area contributed by atoms with E-state index in [2.05, 4.69) is 4.98 Å². The number of benzene rings is 1. The van der Waals surface area contributed by atoms with Crippen molar-refractivity contribution in [3.05, 3.63) is 42.4 Å². The van der Waals surface area contributed by atoms with Crippen molar-refractivity contribution in [3.8, 4) is 5.75 Å². The van der Waals surface area contributed by atoms with Crippen LogP contribution in [-0.4, -0.2) is 14.5 Å². The van der Waals surface area contributed by atoms with E-state index >= 15 is 0 Å². The van der Waals surface area contributed by atoms with Gasteiger partial charge in [-0.2, -0.15) is 0 Å². The van der Waals surface area contributed by atoms with Crippen molar-refractivity contribution in [1.82, 2.24) is 9.38 Å². The first kappa shape index (κ1) is 9.18. The Morgan fingerprint density at radius 1 is 1.31 bits per heavy atom. The standard InChI is InChI=1S/C12H11N3O/c13-6-9-7-14-12-11-5-10(16)2-1-8(11)3-4-15(9)12/h1-5,7,16H,6,13H2. The zero-order chi connectivity index (χ0) is 11.1. The average molecular weight is 213 g/mol. The predicted molar refractivity (Wildman–Crippen MR) is 62.3 cm³/mol. The van der Waals surface area contributed by atoms with E-state index in [1.807, 2.05) is 22.7 Å². The highest BCUT2D eigenvalue weighted by Crippen LogP contribution is 2.24. The van der Waals surface area contributed by atoms with Crippen molar-refractivity contribution < 1.29 is 5.11 Å². The number of imidazole rings is 1. The first-order valence-electron chi connectivity index (χ1n) is 5.07. The quantitative estimate of drug-likeness (QED) is 0.646. The van der Waals surface area contributed by atoms with Crippen LogP contribution in [0.2, 0.25) is 0 Å². The van der Waals surface area contributed by atoms with Crippen LogP contribution in [0.1, 0.15) is 5.69 Å². The number of hydrogen-bond acceptors (Lipinski definition) is 3. The summed E-state index contributed by atoms with van der Waals surface area (Å²) < 4.78 is 1.95. The van der Waals surface area contributed by atoms with Gasteiger partial charge in [-0.05, 0) is 23.6 Å². The van der Waals surface area contributed by atoms with Crippen molar-refractivity contribution in [1.29, 1.82) is 0 Å². The fraction of sp³-hybridized carbons (Fsp3) is 0.0833. The van der Waals surface area contributed by atoms with Gasteiger partial charge < -0.3 is 15.2 Å². The second kappa shape index (κ2) is 3.21. The topological polar surface area (TPSA) is 63.5 Å². The maximum absolute atomic E-state index is 9.49. The van der Waals surface area contributed by atoms with E-state index in [-0.39, 0.29) is 5.75 Å². The number of nitrogens with two attached hydrogens (primary N) is 1. The summed E-state index contributed by atoms with van der Waals surface area (Å²) in [5.74, 6) is 0.248. The number of aromatic nitrogens is 2. The summed E-state index contributed by atoms with van der Waals surface area (Å²) in [6.07, 6.45) is 3.71. The number of phenolic OH excluding ortho intramolecular Hbond substituents is 1. The lowest BCUT2D eigenvalue weighted by molar-refractivity contribution is 0.476. The van der Waals surface area contributed by atoms with Gasteiger partial charge in [0.2, 0.25) is 0 Å². The van der Waals surface area contributed by atoms with Crippen molar-refractivity contribution in [2.24, 2.45) is 5.73 Å². The zero-order valence-corrected chi connectivity index (χ0v) is 8.59. The average Bonchev–Trinajstić information content (AvgIpc) is 2.72. The molecule has 16 heavy (non-hydrogen) atoms. The molecule has 0 atom stereocenters. The Morgan fingerprint density at radius 3 is 3.00 bits per heavy atom. The Labute approximate surface area is 91.9 Å². The minimum absolute atomic E-state index is 0.248. The molecule has 0 amide bonds. The predicted octanol–water partition coefficient (Wildman–Crippen LogP) is 1.65. The smallest absolute Gasteiger partial charge is 0.144 e. The second-order valence-corrected chi connectivity index (χ2v) is 3.73. The van der Waals surface area contributed by atoms with Gasteiger partial charge in [0.05, 0.1) is 11.9 Å². The van der Waals surface area contributed by atoms with Gasteiger partial charge in [0.15, 0.2) is 0 Å². The summed E-state index contributed by atoms with van der Waals surface area (Å²) in [4.78, 5) is 4.33. The van der Waals surface area contributed by atoms with Gasteiger partial charge >= 0.3 is 0 Å². The molecule has 0 saturated carbocycles. The van der Waals surface area contributed by atoms with Gasteiger partial charge in [-0.3, -0.25) is 0 Å². The molecule has 4 nitrogen and oxygen atoms in total. The monoisotopic (exact) mass is 213 g/mol. The molecule has 80 valence electrons. The molecule has 0 aliphatic rings. The van der Waals surface area contributed by atoms with Crippen LogP contribution in [0.15, 0.2) is 36.7 Å². The second-order valence-electron chi connectivity index (χ2n) is 3.73. The van der Waals surface area contributed by atoms with Crippen molar-refractivity contribution >= 4 is 16.4 Å². The van der Waals surface area contributed by atoms with Crippen LogP contribution in [0.3, 0.4) is 0 Å². The van der Waals surface area contributed by atoms with E-state index in [1.54, 1.807) is 18.3 Å². The van der Waals surface area contributed by atoms with E-state index in [4.69, 9.17) is 5.73 Å². The summed E-state index contributed by atoms with van der Waals surface area (Å²) in [5, 5.41) is 11.5. The number of nitrogens with zero attached hydrogens (tertiary/aromatic N) is 2. The first-order valence-corrected chi connectivity index (χ1v) is 5.07. The van der Waals surface area contributed by atoms with Crippen LogP contribution in [-0.2, 0) is 6.54 Å². The zero-order valence-electron chi connectivity index (χ0n) is 8.59. The van der Waals surface area contributed by atoms with Crippen molar-refractivity contribution in [2.75, 3.05) is 0 Å². The summed E-state index contributed by atoms with van der Waals surface area (Å²) in [6.45, 7) is 0.450. The van der Waals surface area contributed by atoms with Gasteiger partial charge in [-0.25, -0.2) is 4.98 Å². The van der Waals surface area contributed by atoms with Crippen LogP contribution < -0.4 is 5.73 Å². The number of pyridine rings is 1. The lowest BCUT2D eigenvalue weighted by atomic mass is 10.1. The molecule has 0 radical (unpaired) electrons. The van der Waals surface area contributed by atoms with Crippen LogP contribution in [0.25, 0.3) is 16.4 Å². The Kier molecular flexibility index (Phi) is 1.84. The Balaban J connectivity index is 2.48. The van der Waals surface area contributed by atoms with E-state index in [0.717, 1.165) is 22.1 Å². The Morgan fingerprint density at radius 2 is 2.19 bits per heavy atom. The summed E-state index contributed by atoms with van der Waals surface area (Å²) in [6, 6.07) is 7.26. The van der Waals surface area contributed by atoms with Crippen molar-refractivity contribution in [3.63, 3.8) is 0 Å². The number of fused-ring (bicyclic) bond motifs is 3. The lowest BCUT2D eigenvalue weighted by Gasteiger charge is -2.03. The van der Waals surface area contributed by atoms with Crippen LogP contribution in [0.4, 0.5) is 0 Å². The van der Waals surface area contributed by atoms with Crippen LogP contribution in [0, 0.1) is 0 Å². The van der Waals surface area contributed by atoms with Gasteiger partial charge in [0.1, 0.15) is 11.4 Å². The molecule has 4 heteroatoms. The summed E-state index contributed by atoms with van der Waals surface area (Å²) >= 11 is 0. The third-order valence-electron chi connectivity index (χ3n) is 2.76. The van der Waals surface area contributed by atoms with Crippen LogP contribution in [0.5, 0.6) is 5.75 Å². The molecule has 1 aromatic carbocycles. The molecule has 3 aromatic rings. The third kappa shape index (κ3) is 1.17. The molecule has 0 aliphatic heterocycles. The maximum Gasteiger partial charge on any atom is 0.144 e. The molecule has 0 unspecified atom stereocenters. The highest BCUT2D eigenvalue weighted by atomic mass is 16.3. The highest BCUT2D eigenvalue weighted by Gasteiger charge is 2.06. The molecule has 0 saturated heterocycles. The van der Waals surface area contributed by atoms with Crippen molar-refractivity contribution in [2.45, 2.75) is 6.54 Å². The number of hydrogen-bond donors (Lipinski definition) is 2. The third-order valence-corrected chi connectivity index (χ3v) is 2.76. The molecule has 0 bridgehead atoms. The van der Waals surface area contributed by atoms with Gasteiger partial charge in [0.25, 0.3) is 0 Å². The van der Waals surface area contributed by atoms with Crippen LogP contribution >= 0.6 is 0 Å². The van der Waals surface area contributed by atoms with Gasteiger partial charge in [-0.1, -0.05) is 6.07 Å². The van der Waals surface area contributed by atoms with E-state index < -0.39 is 0 Å². The lowest BCUT2D eigenvalue weighted by Crippen LogP contribution is -2.00. The fourth-order valence-corrected chi connectivity index (χ4v) is 1.95. The van der Waals surface area contributed by atoms with E-state index in [1.165, 1.54) is 0 Å². The molecular formula is C12H11N3O. The normalized spacial score (nSPS) is 11.3. The maximum atomic E-state index is 9.49. The highest BCUT2D eigenvalue weighted by molar-refractivity contribution is 5.94. The molecule has 2 aromatic heterocycles. The largest absolute Gasteiger partial charge is 0.508 e. The van der Waals surface area contributed by atoms with Gasteiger partial charge in [0, 0.05) is 18.1 Å². The van der Waals surface area contributed by atoms with Gasteiger partial charge in [-0.15, -0.1) is 0 Å². The molecule has 3 rings (SSSR count). The molecule has 0 aliphatic carbocycles. The molecule has 0 fully saturated rings. The van der Waals surface area contributed by atoms with E-state index in [9.17, 15) is 5.11 Å². The summed E-state index contributed by atoms with van der Waals surface area (Å²) in [5.41, 5.74) is 7.41. The summed E-state index contributed by atoms with van der Waals surface area (Å²) in [7, 11) is 0. The molecule has 2 heterocycles. The SMILES string of the molecule is NCc1cnc2c3cc(O)ccc3ccn12. The molecular weight excluding hydrogens is 202 g/mol. The fourth-order valence-electron chi connectivity index (χ4n) is 1.95. The minimum atomic E-state index is 0.248. The Bertz CT molecular complexity index is 672. The Hall–Kier alpha value is -2.07. The van der Waals surface area contributed by atoms with E-state index in [0.29, 0.717) is 6.54 Å². The minimum Gasteiger partial charge on any atom is -0.508 e. The molecule has 0 spiro atoms. The number of aromatic hydroxyl groups is 1. The number of phenols is 1. The number of rotatable bonds is 1.